The monoisotopic (exact) mass is 317 g/mol. The van der Waals surface area contributed by atoms with Crippen molar-refractivity contribution in [3.05, 3.63) is 0 Å². The van der Waals surface area contributed by atoms with E-state index in [-0.39, 0.29) is 16.9 Å². The van der Waals surface area contributed by atoms with Crippen LogP contribution in [0.4, 0.5) is 0 Å². The average molecular weight is 317 g/mol. The molecule has 1 aliphatic carbocycles. The Bertz CT molecular complexity index is 427. The van der Waals surface area contributed by atoms with Crippen LogP contribution in [0.15, 0.2) is 0 Å². The molecule has 2 aliphatic rings. The van der Waals surface area contributed by atoms with E-state index >= 15 is 0 Å². The second kappa shape index (κ2) is 8.10. The molecule has 1 heterocycles. The van der Waals surface area contributed by atoms with Crippen LogP contribution in [-0.2, 0) is 14.6 Å². The summed E-state index contributed by atoms with van der Waals surface area (Å²) in [7, 11) is -3.25. The Kier molecular flexibility index (Phi) is 6.44. The summed E-state index contributed by atoms with van der Waals surface area (Å²) in [4.78, 5) is 14.1. The minimum absolute atomic E-state index is 0.288. The Labute approximate surface area is 127 Å². The van der Waals surface area contributed by atoms with Crippen LogP contribution in [0, 0.1) is 0 Å². The normalized spacial score (nSPS) is 21.5. The molecule has 0 aromatic heterocycles. The van der Waals surface area contributed by atoms with Crippen LogP contribution in [0.3, 0.4) is 0 Å². The highest BCUT2D eigenvalue weighted by atomic mass is 32.2. The molecule has 0 aromatic carbocycles. The fourth-order valence-corrected chi connectivity index (χ4v) is 4.82. The Morgan fingerprint density at radius 2 is 1.86 bits per heavy atom. The van der Waals surface area contributed by atoms with Gasteiger partial charge in [0, 0.05) is 32.7 Å². The van der Waals surface area contributed by atoms with E-state index in [1.807, 2.05) is 0 Å². The number of nitrogens with one attached hydrogen (secondary N) is 2. The van der Waals surface area contributed by atoms with E-state index in [9.17, 15) is 13.2 Å². The van der Waals surface area contributed by atoms with Gasteiger partial charge in [0.25, 0.3) is 0 Å². The van der Waals surface area contributed by atoms with Crippen LogP contribution < -0.4 is 10.6 Å². The Hall–Kier alpha value is -0.660. The Morgan fingerprint density at radius 1 is 1.19 bits per heavy atom. The van der Waals surface area contributed by atoms with Crippen molar-refractivity contribution in [3.8, 4) is 0 Å². The second-order valence-electron chi connectivity index (χ2n) is 6.01. The maximum Gasteiger partial charge on any atom is 0.235 e. The first-order valence-corrected chi connectivity index (χ1v) is 9.71. The van der Waals surface area contributed by atoms with Gasteiger partial charge in [0.15, 0.2) is 9.84 Å². The average Bonchev–Trinajstić information content (AvgIpc) is 2.99. The molecule has 7 heteroatoms. The van der Waals surface area contributed by atoms with Gasteiger partial charge in [-0.2, -0.15) is 0 Å². The SMILES string of the molecule is O=C(CS(=O)(=O)C1CCCC1)NCCCN1CCNCC1. The lowest BCUT2D eigenvalue weighted by Crippen LogP contribution is -2.44. The largest absolute Gasteiger partial charge is 0.355 e. The van der Waals surface area contributed by atoms with Crippen molar-refractivity contribution in [2.24, 2.45) is 0 Å². The first-order chi connectivity index (χ1) is 10.1. The van der Waals surface area contributed by atoms with E-state index in [4.69, 9.17) is 0 Å². The predicted molar refractivity (Wildman–Crippen MR) is 83.0 cm³/mol. The maximum atomic E-state index is 12.0. The summed E-state index contributed by atoms with van der Waals surface area (Å²) >= 11 is 0. The molecule has 1 saturated carbocycles. The molecular weight excluding hydrogens is 290 g/mol. The van der Waals surface area contributed by atoms with Crippen LogP contribution in [-0.4, -0.2) is 69.5 Å². The fraction of sp³-hybridized carbons (Fsp3) is 0.929. The van der Waals surface area contributed by atoms with Gasteiger partial charge >= 0.3 is 0 Å². The lowest BCUT2D eigenvalue weighted by Gasteiger charge is -2.27. The molecule has 0 spiro atoms. The molecule has 0 aromatic rings. The molecule has 2 N–H and O–H groups in total. The first-order valence-electron chi connectivity index (χ1n) is 7.99. The Morgan fingerprint density at radius 3 is 2.52 bits per heavy atom. The van der Waals surface area contributed by atoms with Gasteiger partial charge in [-0.1, -0.05) is 12.8 Å². The standard InChI is InChI=1S/C14H27N3O3S/c18-14(12-21(19,20)13-4-1-2-5-13)16-6-3-9-17-10-7-15-8-11-17/h13,15H,1-12H2,(H,16,18). The molecular formula is C14H27N3O3S. The number of rotatable bonds is 7. The van der Waals surface area contributed by atoms with Crippen LogP contribution >= 0.6 is 0 Å². The molecule has 2 fully saturated rings. The van der Waals surface area contributed by atoms with Crippen molar-refractivity contribution in [1.29, 1.82) is 0 Å². The molecule has 2 rings (SSSR count). The molecule has 1 amide bonds. The van der Waals surface area contributed by atoms with Crippen molar-refractivity contribution in [3.63, 3.8) is 0 Å². The number of nitrogens with zero attached hydrogens (tertiary/aromatic N) is 1. The third-order valence-corrected chi connectivity index (χ3v) is 6.48. The van der Waals surface area contributed by atoms with E-state index in [1.54, 1.807) is 0 Å². The summed E-state index contributed by atoms with van der Waals surface area (Å²) < 4.78 is 24.1. The van der Waals surface area contributed by atoms with Crippen LogP contribution in [0.2, 0.25) is 0 Å². The van der Waals surface area contributed by atoms with E-state index in [0.717, 1.165) is 64.8 Å². The summed E-state index contributed by atoms with van der Waals surface area (Å²) in [5.41, 5.74) is 0. The molecule has 21 heavy (non-hydrogen) atoms. The van der Waals surface area contributed by atoms with Crippen LogP contribution in [0.1, 0.15) is 32.1 Å². The van der Waals surface area contributed by atoms with E-state index in [1.165, 1.54) is 0 Å². The minimum atomic E-state index is -3.25. The summed E-state index contributed by atoms with van der Waals surface area (Å²) in [6.45, 7) is 5.65. The van der Waals surface area contributed by atoms with Crippen molar-refractivity contribution >= 4 is 15.7 Å². The number of amides is 1. The van der Waals surface area contributed by atoms with Gasteiger partial charge in [-0.3, -0.25) is 4.79 Å². The molecule has 0 atom stereocenters. The second-order valence-corrected chi connectivity index (χ2v) is 8.29. The lowest BCUT2D eigenvalue weighted by atomic mass is 10.3. The Balaban J connectivity index is 1.60. The number of carbonyl (C=O) groups is 1. The number of hydrogen-bond acceptors (Lipinski definition) is 5. The lowest BCUT2D eigenvalue weighted by molar-refractivity contribution is -0.118. The highest BCUT2D eigenvalue weighted by molar-refractivity contribution is 7.92. The highest BCUT2D eigenvalue weighted by Crippen LogP contribution is 2.24. The zero-order valence-corrected chi connectivity index (χ0v) is 13.5. The van der Waals surface area contributed by atoms with Crippen LogP contribution in [0.5, 0.6) is 0 Å². The summed E-state index contributed by atoms with van der Waals surface area (Å²) in [5, 5.41) is 5.75. The van der Waals surface area contributed by atoms with Gasteiger partial charge in [-0.25, -0.2) is 8.42 Å². The quantitative estimate of drug-likeness (QED) is 0.634. The zero-order chi connectivity index (χ0) is 15.1. The van der Waals surface area contributed by atoms with Gasteiger partial charge in [0.1, 0.15) is 5.75 Å². The molecule has 0 unspecified atom stereocenters. The maximum absolute atomic E-state index is 12.0. The molecule has 0 bridgehead atoms. The van der Waals surface area contributed by atoms with Gasteiger partial charge in [0.2, 0.25) is 5.91 Å². The zero-order valence-electron chi connectivity index (χ0n) is 12.6. The minimum Gasteiger partial charge on any atom is -0.355 e. The number of carbonyl (C=O) groups excluding carboxylic acids is 1. The molecule has 6 nitrogen and oxygen atoms in total. The van der Waals surface area contributed by atoms with Gasteiger partial charge in [0.05, 0.1) is 5.25 Å². The third kappa shape index (κ3) is 5.56. The van der Waals surface area contributed by atoms with Gasteiger partial charge < -0.3 is 15.5 Å². The van der Waals surface area contributed by atoms with E-state index in [2.05, 4.69) is 15.5 Å². The molecule has 122 valence electrons. The van der Waals surface area contributed by atoms with Crippen molar-refractivity contribution < 1.29 is 13.2 Å². The van der Waals surface area contributed by atoms with E-state index < -0.39 is 9.84 Å². The summed E-state index contributed by atoms with van der Waals surface area (Å²) in [6.07, 6.45) is 4.25. The van der Waals surface area contributed by atoms with Crippen molar-refractivity contribution in [1.82, 2.24) is 15.5 Å². The predicted octanol–water partition coefficient (Wildman–Crippen LogP) is -0.245. The smallest absolute Gasteiger partial charge is 0.235 e. The van der Waals surface area contributed by atoms with E-state index in [0.29, 0.717) is 6.54 Å². The van der Waals surface area contributed by atoms with Crippen molar-refractivity contribution in [2.75, 3.05) is 45.0 Å². The van der Waals surface area contributed by atoms with Gasteiger partial charge in [-0.05, 0) is 25.8 Å². The fourth-order valence-electron chi connectivity index (χ4n) is 3.06. The first kappa shape index (κ1) is 16.7. The summed E-state index contributed by atoms with van der Waals surface area (Å²) in [6, 6.07) is 0. The van der Waals surface area contributed by atoms with Gasteiger partial charge in [-0.15, -0.1) is 0 Å². The molecule has 0 radical (unpaired) electrons. The molecule has 1 saturated heterocycles. The molecule has 1 aliphatic heterocycles. The van der Waals surface area contributed by atoms with Crippen LogP contribution in [0.25, 0.3) is 0 Å². The number of sulfone groups is 1. The third-order valence-electron chi connectivity index (χ3n) is 4.33. The summed E-state index contributed by atoms with van der Waals surface area (Å²) in [5.74, 6) is -0.687. The highest BCUT2D eigenvalue weighted by Gasteiger charge is 2.30. The topological polar surface area (TPSA) is 78.5 Å². The number of hydrogen-bond donors (Lipinski definition) is 2. The van der Waals surface area contributed by atoms with Crippen molar-refractivity contribution in [2.45, 2.75) is 37.4 Å². The number of piperazine rings is 1.